The zero-order chi connectivity index (χ0) is 15.3. The summed E-state index contributed by atoms with van der Waals surface area (Å²) < 4.78 is 0. The number of carboxylic acid groups (broad SMARTS) is 1. The highest BCUT2D eigenvalue weighted by atomic mass is 35.5. The molecule has 1 N–H and O–H groups in total. The second-order valence-corrected chi connectivity index (χ2v) is 4.36. The number of non-ortho nitro benzene ring substituents is 1. The van der Waals surface area contributed by atoms with Gasteiger partial charge in [-0.2, -0.15) is 0 Å². The van der Waals surface area contributed by atoms with Crippen LogP contribution in [0.4, 0.5) is 5.69 Å². The smallest absolute Gasteiger partial charge is 0.305 e. The van der Waals surface area contributed by atoms with Gasteiger partial charge >= 0.3 is 5.97 Å². The Balaban J connectivity index is 2.95. The predicted octanol–water partition coefficient (Wildman–Crippen LogP) is 2.18. The molecular weight excluding hydrogens is 288 g/mol. The quantitative estimate of drug-likeness (QED) is 0.641. The van der Waals surface area contributed by atoms with Crippen LogP contribution in [0.5, 0.6) is 0 Å². The van der Waals surface area contributed by atoms with Crippen molar-refractivity contribution in [3.63, 3.8) is 0 Å². The van der Waals surface area contributed by atoms with Crippen LogP contribution in [0.1, 0.15) is 23.7 Å². The maximum Gasteiger partial charge on any atom is 0.305 e. The van der Waals surface area contributed by atoms with Gasteiger partial charge < -0.3 is 10.0 Å². The molecule has 7 nitrogen and oxygen atoms in total. The van der Waals surface area contributed by atoms with Crippen molar-refractivity contribution in [2.24, 2.45) is 0 Å². The topological polar surface area (TPSA) is 101 Å². The molecule has 1 rings (SSSR count). The van der Waals surface area contributed by atoms with Crippen molar-refractivity contribution in [1.29, 1.82) is 0 Å². The van der Waals surface area contributed by atoms with Gasteiger partial charge in [-0.15, -0.1) is 0 Å². The normalized spacial score (nSPS) is 10.1. The summed E-state index contributed by atoms with van der Waals surface area (Å²) in [5.41, 5.74) is -0.0929. The number of hydrogen-bond donors (Lipinski definition) is 1. The summed E-state index contributed by atoms with van der Waals surface area (Å²) >= 11 is 5.86. The fourth-order valence-electron chi connectivity index (χ4n) is 1.60. The highest BCUT2D eigenvalue weighted by molar-refractivity contribution is 6.34. The predicted molar refractivity (Wildman–Crippen MR) is 71.9 cm³/mol. The van der Waals surface area contributed by atoms with E-state index in [-0.39, 0.29) is 29.2 Å². The summed E-state index contributed by atoms with van der Waals surface area (Å²) in [6, 6.07) is 3.55. The summed E-state index contributed by atoms with van der Waals surface area (Å²) in [7, 11) is 0. The minimum atomic E-state index is -1.01. The number of nitro benzene ring substituents is 1. The van der Waals surface area contributed by atoms with E-state index < -0.39 is 16.8 Å². The third-order valence-electron chi connectivity index (χ3n) is 2.66. The van der Waals surface area contributed by atoms with Crippen LogP contribution in [0, 0.1) is 10.1 Å². The van der Waals surface area contributed by atoms with Crippen LogP contribution in [0.15, 0.2) is 18.2 Å². The number of carboxylic acids is 1. The maximum absolute atomic E-state index is 12.2. The summed E-state index contributed by atoms with van der Waals surface area (Å²) in [5.74, 6) is -1.46. The van der Waals surface area contributed by atoms with Gasteiger partial charge in [-0.25, -0.2) is 0 Å². The van der Waals surface area contributed by atoms with E-state index in [1.54, 1.807) is 6.92 Å². The number of hydrogen-bond acceptors (Lipinski definition) is 4. The Labute approximate surface area is 119 Å². The average molecular weight is 301 g/mol. The van der Waals surface area contributed by atoms with Gasteiger partial charge in [0.2, 0.25) is 0 Å². The Hall–Kier alpha value is -2.15. The van der Waals surface area contributed by atoms with Gasteiger partial charge in [0.1, 0.15) is 0 Å². The molecule has 0 bridgehead atoms. The van der Waals surface area contributed by atoms with Crippen LogP contribution in [0.2, 0.25) is 5.02 Å². The molecule has 0 aliphatic heterocycles. The van der Waals surface area contributed by atoms with Crippen LogP contribution in [0.25, 0.3) is 0 Å². The minimum Gasteiger partial charge on any atom is -0.481 e. The maximum atomic E-state index is 12.2. The zero-order valence-electron chi connectivity index (χ0n) is 10.7. The molecule has 0 saturated heterocycles. The number of carbonyl (C=O) groups excluding carboxylic acids is 1. The molecule has 0 atom stereocenters. The van der Waals surface area contributed by atoms with E-state index in [0.29, 0.717) is 6.54 Å². The van der Waals surface area contributed by atoms with Gasteiger partial charge in [0.05, 0.1) is 21.9 Å². The SMILES string of the molecule is CCN(CCC(=O)O)C(=O)c1ccc([N+](=O)[O-])cc1Cl. The van der Waals surface area contributed by atoms with E-state index in [4.69, 9.17) is 16.7 Å². The molecule has 0 heterocycles. The second kappa shape index (κ2) is 6.85. The first-order valence-electron chi connectivity index (χ1n) is 5.81. The average Bonchev–Trinajstić information content (AvgIpc) is 2.38. The van der Waals surface area contributed by atoms with Gasteiger partial charge in [0, 0.05) is 25.2 Å². The minimum absolute atomic E-state index is 0.0297. The van der Waals surface area contributed by atoms with Gasteiger partial charge in [-0.1, -0.05) is 11.6 Å². The Morgan fingerprint density at radius 3 is 2.55 bits per heavy atom. The van der Waals surface area contributed by atoms with Gasteiger partial charge in [0.15, 0.2) is 0 Å². The highest BCUT2D eigenvalue weighted by Gasteiger charge is 2.20. The van der Waals surface area contributed by atoms with Gasteiger partial charge in [-0.3, -0.25) is 19.7 Å². The Bertz CT molecular complexity index is 547. The monoisotopic (exact) mass is 300 g/mol. The highest BCUT2D eigenvalue weighted by Crippen LogP contribution is 2.23. The van der Waals surface area contributed by atoms with E-state index in [9.17, 15) is 19.7 Å². The number of nitrogens with zero attached hydrogens (tertiary/aromatic N) is 2. The molecule has 0 aliphatic rings. The summed E-state index contributed by atoms with van der Waals surface area (Å²) in [5, 5.41) is 19.2. The molecule has 0 unspecified atom stereocenters. The molecule has 8 heteroatoms. The Morgan fingerprint density at radius 2 is 2.10 bits per heavy atom. The molecule has 0 aromatic heterocycles. The lowest BCUT2D eigenvalue weighted by molar-refractivity contribution is -0.384. The molecule has 0 radical (unpaired) electrons. The molecule has 0 fully saturated rings. The number of rotatable bonds is 6. The number of benzene rings is 1. The van der Waals surface area contributed by atoms with Crippen LogP contribution >= 0.6 is 11.6 Å². The largest absolute Gasteiger partial charge is 0.481 e. The first kappa shape index (κ1) is 15.9. The molecule has 0 spiro atoms. The fraction of sp³-hybridized carbons (Fsp3) is 0.333. The molecule has 108 valence electrons. The van der Waals surface area contributed by atoms with Crippen LogP contribution in [0.3, 0.4) is 0 Å². The Morgan fingerprint density at radius 1 is 1.45 bits per heavy atom. The molecular formula is C12H13ClN2O5. The lowest BCUT2D eigenvalue weighted by Gasteiger charge is -2.20. The first-order chi connectivity index (χ1) is 9.36. The third kappa shape index (κ3) is 3.92. The third-order valence-corrected chi connectivity index (χ3v) is 2.97. The van der Waals surface area contributed by atoms with Crippen molar-refractivity contribution >= 4 is 29.2 Å². The first-order valence-corrected chi connectivity index (χ1v) is 6.19. The lowest BCUT2D eigenvalue weighted by Crippen LogP contribution is -2.33. The van der Waals surface area contributed by atoms with Crippen molar-refractivity contribution in [2.75, 3.05) is 13.1 Å². The van der Waals surface area contributed by atoms with Gasteiger partial charge in [0.25, 0.3) is 11.6 Å². The molecule has 0 saturated carbocycles. The Kier molecular flexibility index (Phi) is 5.45. The molecule has 1 aromatic carbocycles. The van der Waals surface area contributed by atoms with E-state index in [1.165, 1.54) is 17.0 Å². The molecule has 20 heavy (non-hydrogen) atoms. The number of nitro groups is 1. The van der Waals surface area contributed by atoms with E-state index in [1.807, 2.05) is 0 Å². The van der Waals surface area contributed by atoms with E-state index in [0.717, 1.165) is 6.07 Å². The number of amides is 1. The summed E-state index contributed by atoms with van der Waals surface area (Å²) in [6.07, 6.45) is -0.176. The second-order valence-electron chi connectivity index (χ2n) is 3.95. The molecule has 0 aliphatic carbocycles. The van der Waals surface area contributed by atoms with E-state index in [2.05, 4.69) is 0 Å². The van der Waals surface area contributed by atoms with Crippen LogP contribution < -0.4 is 0 Å². The summed E-state index contributed by atoms with van der Waals surface area (Å²) in [6.45, 7) is 2.08. The van der Waals surface area contributed by atoms with Crippen molar-refractivity contribution in [3.8, 4) is 0 Å². The standard InChI is InChI=1S/C12H13ClN2O5/c1-2-14(6-5-11(16)17)12(18)9-4-3-8(15(19)20)7-10(9)13/h3-4,7H,2,5-6H2,1H3,(H,16,17). The van der Waals surface area contributed by atoms with Crippen LogP contribution in [-0.4, -0.2) is 39.9 Å². The zero-order valence-corrected chi connectivity index (χ0v) is 11.5. The number of aliphatic carboxylic acids is 1. The van der Waals surface area contributed by atoms with Crippen molar-refractivity contribution in [2.45, 2.75) is 13.3 Å². The fourth-order valence-corrected chi connectivity index (χ4v) is 1.85. The van der Waals surface area contributed by atoms with Crippen molar-refractivity contribution < 1.29 is 19.6 Å². The van der Waals surface area contributed by atoms with E-state index >= 15 is 0 Å². The molecule has 1 aromatic rings. The van der Waals surface area contributed by atoms with Crippen molar-refractivity contribution in [3.05, 3.63) is 38.9 Å². The van der Waals surface area contributed by atoms with Gasteiger partial charge in [-0.05, 0) is 13.0 Å². The van der Waals surface area contributed by atoms with Crippen molar-refractivity contribution in [1.82, 2.24) is 4.90 Å². The molecule has 1 amide bonds. The summed E-state index contributed by atoms with van der Waals surface area (Å²) in [4.78, 5) is 34.0. The lowest BCUT2D eigenvalue weighted by atomic mass is 10.1. The number of carbonyl (C=O) groups is 2. The van der Waals surface area contributed by atoms with Crippen LogP contribution in [-0.2, 0) is 4.79 Å². The number of halogens is 1.